The molecule has 2 aromatic rings. The summed E-state index contributed by atoms with van der Waals surface area (Å²) in [6.07, 6.45) is 1.46. The van der Waals surface area contributed by atoms with E-state index in [0.29, 0.717) is 11.9 Å². The SMILES string of the molecule is Cc1cccc2c(=O)c(C(=O)O)cn(CC(C)(C)C)c12. The van der Waals surface area contributed by atoms with Crippen molar-refractivity contribution in [2.75, 3.05) is 0 Å². The van der Waals surface area contributed by atoms with Gasteiger partial charge >= 0.3 is 5.97 Å². The van der Waals surface area contributed by atoms with Gasteiger partial charge in [0.25, 0.3) is 0 Å². The van der Waals surface area contributed by atoms with Crippen LogP contribution in [0, 0.1) is 12.3 Å². The molecular formula is C16H19NO3. The Labute approximate surface area is 117 Å². The summed E-state index contributed by atoms with van der Waals surface area (Å²) >= 11 is 0. The molecule has 2 rings (SSSR count). The number of pyridine rings is 1. The molecule has 20 heavy (non-hydrogen) atoms. The Morgan fingerprint density at radius 3 is 2.50 bits per heavy atom. The van der Waals surface area contributed by atoms with Gasteiger partial charge in [-0.1, -0.05) is 32.9 Å². The van der Waals surface area contributed by atoms with Crippen LogP contribution < -0.4 is 5.43 Å². The lowest BCUT2D eigenvalue weighted by molar-refractivity contribution is 0.0694. The zero-order valence-electron chi connectivity index (χ0n) is 12.2. The van der Waals surface area contributed by atoms with E-state index in [-0.39, 0.29) is 11.0 Å². The highest BCUT2D eigenvalue weighted by atomic mass is 16.4. The number of hydrogen-bond acceptors (Lipinski definition) is 2. The Hall–Kier alpha value is -2.10. The number of hydrogen-bond donors (Lipinski definition) is 1. The van der Waals surface area contributed by atoms with Crippen LogP contribution in [0.25, 0.3) is 10.9 Å². The van der Waals surface area contributed by atoms with Crippen LogP contribution in [0.4, 0.5) is 0 Å². The summed E-state index contributed by atoms with van der Waals surface area (Å²) in [6.45, 7) is 8.82. The van der Waals surface area contributed by atoms with Crippen LogP contribution in [0.1, 0.15) is 36.7 Å². The number of aromatic carboxylic acids is 1. The molecule has 0 aliphatic heterocycles. The van der Waals surface area contributed by atoms with Crippen LogP contribution in [0.3, 0.4) is 0 Å². The third-order valence-corrected chi connectivity index (χ3v) is 3.17. The normalized spacial score (nSPS) is 11.8. The molecule has 0 radical (unpaired) electrons. The van der Waals surface area contributed by atoms with Crippen molar-refractivity contribution in [3.63, 3.8) is 0 Å². The summed E-state index contributed by atoms with van der Waals surface area (Å²) in [5.74, 6) is -1.18. The third-order valence-electron chi connectivity index (χ3n) is 3.17. The number of nitrogens with zero attached hydrogens (tertiary/aromatic N) is 1. The molecule has 4 heteroatoms. The van der Waals surface area contributed by atoms with E-state index < -0.39 is 11.4 Å². The summed E-state index contributed by atoms with van der Waals surface area (Å²) in [5.41, 5.74) is 1.19. The first-order chi connectivity index (χ1) is 9.20. The number of fused-ring (bicyclic) bond motifs is 1. The maximum atomic E-state index is 12.2. The van der Waals surface area contributed by atoms with Gasteiger partial charge < -0.3 is 9.67 Å². The number of rotatable bonds is 2. The Morgan fingerprint density at radius 1 is 1.30 bits per heavy atom. The van der Waals surface area contributed by atoms with Gasteiger partial charge in [-0.25, -0.2) is 4.79 Å². The number of benzene rings is 1. The van der Waals surface area contributed by atoms with Crippen molar-refractivity contribution in [1.29, 1.82) is 0 Å². The first-order valence-corrected chi connectivity index (χ1v) is 6.57. The lowest BCUT2D eigenvalue weighted by atomic mass is 9.96. The molecule has 106 valence electrons. The molecule has 4 nitrogen and oxygen atoms in total. The van der Waals surface area contributed by atoms with E-state index >= 15 is 0 Å². The fourth-order valence-corrected chi connectivity index (χ4v) is 2.44. The van der Waals surface area contributed by atoms with E-state index in [1.807, 2.05) is 17.6 Å². The predicted molar refractivity (Wildman–Crippen MR) is 79.4 cm³/mol. The summed E-state index contributed by atoms with van der Waals surface area (Å²) in [6, 6.07) is 5.41. The van der Waals surface area contributed by atoms with Gasteiger partial charge in [0.1, 0.15) is 5.56 Å². The van der Waals surface area contributed by atoms with Crippen LogP contribution in [0.2, 0.25) is 0 Å². The van der Waals surface area contributed by atoms with Crippen molar-refractivity contribution in [2.45, 2.75) is 34.2 Å². The predicted octanol–water partition coefficient (Wildman–Crippen LogP) is 3.05. The van der Waals surface area contributed by atoms with Crippen LogP contribution in [0.15, 0.2) is 29.2 Å². The maximum absolute atomic E-state index is 12.2. The zero-order chi connectivity index (χ0) is 15.1. The Balaban J connectivity index is 2.87. The highest BCUT2D eigenvalue weighted by Crippen LogP contribution is 2.22. The van der Waals surface area contributed by atoms with E-state index in [2.05, 4.69) is 20.8 Å². The first kappa shape index (κ1) is 14.3. The van der Waals surface area contributed by atoms with E-state index in [4.69, 9.17) is 0 Å². The Morgan fingerprint density at radius 2 is 1.95 bits per heavy atom. The minimum atomic E-state index is -1.18. The number of aryl methyl sites for hydroxylation is 1. The third kappa shape index (κ3) is 2.59. The summed E-state index contributed by atoms with van der Waals surface area (Å²) in [7, 11) is 0. The fraction of sp³-hybridized carbons (Fsp3) is 0.375. The van der Waals surface area contributed by atoms with Gasteiger partial charge in [-0.3, -0.25) is 4.79 Å². The molecule has 0 bridgehead atoms. The molecule has 0 atom stereocenters. The average Bonchev–Trinajstić information content (AvgIpc) is 2.30. The lowest BCUT2D eigenvalue weighted by Gasteiger charge is -2.23. The summed E-state index contributed by atoms with van der Waals surface area (Å²) < 4.78 is 1.88. The van der Waals surface area contributed by atoms with E-state index in [1.165, 1.54) is 6.20 Å². The zero-order valence-corrected chi connectivity index (χ0v) is 12.2. The van der Waals surface area contributed by atoms with Crippen molar-refractivity contribution in [2.24, 2.45) is 5.41 Å². The number of aromatic nitrogens is 1. The van der Waals surface area contributed by atoms with Crippen molar-refractivity contribution >= 4 is 16.9 Å². The average molecular weight is 273 g/mol. The number of para-hydroxylation sites is 1. The molecule has 0 saturated heterocycles. The highest BCUT2D eigenvalue weighted by Gasteiger charge is 2.18. The smallest absolute Gasteiger partial charge is 0.341 e. The van der Waals surface area contributed by atoms with Crippen LogP contribution >= 0.6 is 0 Å². The molecule has 0 unspecified atom stereocenters. The van der Waals surface area contributed by atoms with Crippen molar-refractivity contribution in [3.8, 4) is 0 Å². The second kappa shape index (κ2) is 4.78. The molecule has 1 aromatic heterocycles. The minimum absolute atomic E-state index is 0.0138. The minimum Gasteiger partial charge on any atom is -0.477 e. The van der Waals surface area contributed by atoms with Gasteiger partial charge in [-0.15, -0.1) is 0 Å². The van der Waals surface area contributed by atoms with E-state index in [1.54, 1.807) is 12.1 Å². The standard InChI is InChI=1S/C16H19NO3/c1-10-6-5-7-11-13(10)17(9-16(2,3)4)8-12(14(11)18)15(19)20/h5-8H,9H2,1-4H3,(H,19,20). The molecule has 0 spiro atoms. The second-order valence-corrected chi connectivity index (χ2v) is 6.34. The quantitative estimate of drug-likeness (QED) is 0.914. The van der Waals surface area contributed by atoms with Gasteiger partial charge in [0, 0.05) is 18.1 Å². The van der Waals surface area contributed by atoms with E-state index in [0.717, 1.165) is 11.1 Å². The highest BCUT2D eigenvalue weighted by molar-refractivity contribution is 5.93. The number of carboxylic acids is 1. The maximum Gasteiger partial charge on any atom is 0.341 e. The van der Waals surface area contributed by atoms with Crippen LogP contribution in [0.5, 0.6) is 0 Å². The van der Waals surface area contributed by atoms with Crippen molar-refractivity contribution in [3.05, 3.63) is 45.7 Å². The summed E-state index contributed by atoms with van der Waals surface area (Å²) in [5, 5.41) is 9.67. The van der Waals surface area contributed by atoms with Crippen molar-refractivity contribution < 1.29 is 9.90 Å². The lowest BCUT2D eigenvalue weighted by Crippen LogP contribution is -2.23. The number of carbonyl (C=O) groups is 1. The molecule has 1 aromatic carbocycles. The molecule has 1 heterocycles. The fourth-order valence-electron chi connectivity index (χ4n) is 2.44. The van der Waals surface area contributed by atoms with E-state index in [9.17, 15) is 14.7 Å². The molecule has 0 saturated carbocycles. The topological polar surface area (TPSA) is 59.3 Å². The van der Waals surface area contributed by atoms with Crippen LogP contribution in [-0.4, -0.2) is 15.6 Å². The van der Waals surface area contributed by atoms with Gasteiger partial charge in [0.15, 0.2) is 0 Å². The summed E-state index contributed by atoms with van der Waals surface area (Å²) in [4.78, 5) is 23.5. The second-order valence-electron chi connectivity index (χ2n) is 6.34. The molecule has 0 aliphatic rings. The molecule has 0 fully saturated rings. The van der Waals surface area contributed by atoms with Crippen LogP contribution in [-0.2, 0) is 6.54 Å². The molecular weight excluding hydrogens is 254 g/mol. The van der Waals surface area contributed by atoms with Gasteiger partial charge in [-0.2, -0.15) is 0 Å². The largest absolute Gasteiger partial charge is 0.477 e. The monoisotopic (exact) mass is 273 g/mol. The molecule has 1 N–H and O–H groups in total. The molecule has 0 aliphatic carbocycles. The van der Waals surface area contributed by atoms with Crippen molar-refractivity contribution in [1.82, 2.24) is 4.57 Å². The van der Waals surface area contributed by atoms with Gasteiger partial charge in [0.05, 0.1) is 5.52 Å². The Kier molecular flexibility index (Phi) is 3.42. The Bertz CT molecular complexity index is 736. The molecule has 0 amide bonds. The van der Waals surface area contributed by atoms with Gasteiger partial charge in [0.2, 0.25) is 5.43 Å². The van der Waals surface area contributed by atoms with Gasteiger partial charge in [-0.05, 0) is 24.0 Å². The first-order valence-electron chi connectivity index (χ1n) is 6.57. The number of carboxylic acid groups (broad SMARTS) is 1.